The molecule has 0 bridgehead atoms. The van der Waals surface area contributed by atoms with Crippen molar-refractivity contribution in [3.63, 3.8) is 0 Å². The molecule has 0 aromatic heterocycles. The maximum atomic E-state index is 13.7. The number of ketones is 2. The molecule has 0 saturated carbocycles. The van der Waals surface area contributed by atoms with Gasteiger partial charge in [0.2, 0.25) is 5.91 Å². The van der Waals surface area contributed by atoms with Crippen molar-refractivity contribution in [1.29, 1.82) is 0 Å². The van der Waals surface area contributed by atoms with Crippen molar-refractivity contribution in [1.82, 2.24) is 5.32 Å². The lowest BCUT2D eigenvalue weighted by molar-refractivity contribution is -0.145. The van der Waals surface area contributed by atoms with Gasteiger partial charge in [-0.2, -0.15) is 0 Å². The van der Waals surface area contributed by atoms with Gasteiger partial charge >= 0.3 is 0 Å². The van der Waals surface area contributed by atoms with Gasteiger partial charge in [0.05, 0.1) is 0 Å². The molecule has 6 atom stereocenters. The van der Waals surface area contributed by atoms with Gasteiger partial charge in [0.1, 0.15) is 17.3 Å². The largest absolute Gasteiger partial charge is 0.385 e. The van der Waals surface area contributed by atoms with Gasteiger partial charge in [-0.25, -0.2) is 0 Å². The minimum Gasteiger partial charge on any atom is -0.385 e. The fraction of sp³-hybridized carbons (Fsp3) is 0.708. The van der Waals surface area contributed by atoms with Gasteiger partial charge < -0.3 is 10.4 Å². The van der Waals surface area contributed by atoms with Crippen LogP contribution < -0.4 is 5.32 Å². The Morgan fingerprint density at radius 2 is 1.83 bits per heavy atom. The Morgan fingerprint density at radius 3 is 2.48 bits per heavy atom. The topological polar surface area (TPSA) is 83.5 Å². The molecular formula is C24H35NO4. The number of hydrogen-bond acceptors (Lipinski definition) is 4. The van der Waals surface area contributed by atoms with Gasteiger partial charge in [-0.3, -0.25) is 14.4 Å². The van der Waals surface area contributed by atoms with E-state index in [1.807, 2.05) is 13.0 Å². The van der Waals surface area contributed by atoms with Crippen LogP contribution >= 0.6 is 0 Å². The zero-order valence-corrected chi connectivity index (χ0v) is 18.3. The molecule has 3 rings (SSSR count). The van der Waals surface area contributed by atoms with Crippen LogP contribution in [0.4, 0.5) is 0 Å². The van der Waals surface area contributed by atoms with Gasteiger partial charge in [-0.05, 0) is 44.9 Å². The van der Waals surface area contributed by atoms with E-state index in [0.29, 0.717) is 12.3 Å². The quantitative estimate of drug-likeness (QED) is 0.549. The summed E-state index contributed by atoms with van der Waals surface area (Å²) in [6, 6.07) is -0.0435. The third-order valence-electron chi connectivity index (χ3n) is 7.31. The van der Waals surface area contributed by atoms with Crippen LogP contribution in [-0.2, 0) is 14.4 Å². The highest BCUT2D eigenvalue weighted by molar-refractivity contribution is 6.09. The monoisotopic (exact) mass is 401 g/mol. The van der Waals surface area contributed by atoms with Gasteiger partial charge in [0.25, 0.3) is 0 Å². The molecular weight excluding hydrogens is 366 g/mol. The molecule has 1 aliphatic heterocycles. The van der Waals surface area contributed by atoms with Crippen LogP contribution in [0.15, 0.2) is 23.3 Å². The molecule has 1 spiro atoms. The zero-order valence-electron chi connectivity index (χ0n) is 18.3. The number of Topliss-reactive ketones (excluding diaryl/α,β-unsaturated/α-hetero) is 2. The number of hydrogen-bond donors (Lipinski definition) is 2. The molecule has 1 saturated heterocycles. The number of carbonyl (C=O) groups is 3. The van der Waals surface area contributed by atoms with E-state index < -0.39 is 11.5 Å². The summed E-state index contributed by atoms with van der Waals surface area (Å²) in [4.78, 5) is 39.4. The Morgan fingerprint density at radius 1 is 1.14 bits per heavy atom. The van der Waals surface area contributed by atoms with Crippen molar-refractivity contribution in [2.75, 3.05) is 0 Å². The third-order valence-corrected chi connectivity index (χ3v) is 7.31. The first kappa shape index (κ1) is 21.9. The molecule has 160 valence electrons. The molecule has 1 fully saturated rings. The number of carbonyl (C=O) groups excluding carboxylic acids is 3. The molecule has 1 amide bonds. The van der Waals surface area contributed by atoms with Gasteiger partial charge in [-0.1, -0.05) is 44.1 Å². The highest BCUT2D eigenvalue weighted by atomic mass is 16.3. The minimum atomic E-state index is -1.15. The maximum Gasteiger partial charge on any atom is 0.235 e. The number of amides is 1. The van der Waals surface area contributed by atoms with Crippen molar-refractivity contribution >= 4 is 17.5 Å². The van der Waals surface area contributed by atoms with Crippen molar-refractivity contribution in [3.8, 4) is 0 Å². The van der Waals surface area contributed by atoms with Crippen LogP contribution in [0.1, 0.15) is 66.7 Å². The molecule has 0 unspecified atom stereocenters. The number of rotatable bonds is 2. The highest BCUT2D eigenvalue weighted by Gasteiger charge is 2.65. The van der Waals surface area contributed by atoms with E-state index in [-0.39, 0.29) is 60.5 Å². The maximum absolute atomic E-state index is 13.7. The standard InChI is InChI=1S/C24H35NO4/c1-13(2)10-18-22-16(5)15(4)12-17-11-14(3)6-7-19(26)20(27)8-9-21(28)24(17,22)23(29)25-18/h11-13,16-18,20,22,27H,6-10H2,1-5H3,(H,25,29)/t16-,17+,18+,20+,22+,24-/m1/s1. The van der Waals surface area contributed by atoms with Crippen molar-refractivity contribution in [2.24, 2.45) is 29.1 Å². The fourth-order valence-corrected chi connectivity index (χ4v) is 5.72. The lowest BCUT2D eigenvalue weighted by Gasteiger charge is -2.45. The SMILES string of the molecule is CC1=C[C@H]2C=C(C)[C@@H](C)[C@H]3[C@H](CC(C)C)NC(=O)[C@@]23C(=O)CC[C@H](O)C(=O)CC1. The third kappa shape index (κ3) is 3.74. The number of allylic oxidation sites excluding steroid dienone is 4. The predicted molar refractivity (Wildman–Crippen MR) is 112 cm³/mol. The van der Waals surface area contributed by atoms with E-state index in [9.17, 15) is 19.5 Å². The molecule has 0 radical (unpaired) electrons. The molecule has 2 N–H and O–H groups in total. The van der Waals surface area contributed by atoms with Crippen molar-refractivity contribution in [2.45, 2.75) is 78.9 Å². The molecule has 0 aromatic rings. The molecule has 2 aliphatic carbocycles. The van der Waals surface area contributed by atoms with Crippen molar-refractivity contribution in [3.05, 3.63) is 23.3 Å². The summed E-state index contributed by atoms with van der Waals surface area (Å²) >= 11 is 0. The van der Waals surface area contributed by atoms with E-state index in [1.54, 1.807) is 0 Å². The zero-order chi connectivity index (χ0) is 21.5. The first-order valence-electron chi connectivity index (χ1n) is 11.0. The van der Waals surface area contributed by atoms with E-state index in [1.165, 1.54) is 5.57 Å². The second kappa shape index (κ2) is 8.17. The summed E-state index contributed by atoms with van der Waals surface area (Å²) in [6.45, 7) is 10.4. The van der Waals surface area contributed by atoms with Crippen LogP contribution in [0.2, 0.25) is 0 Å². The Hall–Kier alpha value is -1.75. The number of aliphatic hydroxyl groups is 1. The van der Waals surface area contributed by atoms with Gasteiger partial charge in [-0.15, -0.1) is 0 Å². The minimum absolute atomic E-state index is 0.0435. The van der Waals surface area contributed by atoms with Crippen LogP contribution in [0.5, 0.6) is 0 Å². The van der Waals surface area contributed by atoms with Crippen LogP contribution in [0, 0.1) is 29.1 Å². The lowest BCUT2D eigenvalue weighted by Crippen LogP contribution is -2.52. The smallest absolute Gasteiger partial charge is 0.235 e. The van der Waals surface area contributed by atoms with E-state index in [2.05, 4.69) is 39.1 Å². The van der Waals surface area contributed by atoms with Gasteiger partial charge in [0.15, 0.2) is 5.78 Å². The van der Waals surface area contributed by atoms with E-state index in [4.69, 9.17) is 0 Å². The average Bonchev–Trinajstić information content (AvgIpc) is 2.93. The summed E-state index contributed by atoms with van der Waals surface area (Å²) in [7, 11) is 0. The van der Waals surface area contributed by atoms with Crippen LogP contribution in [-0.4, -0.2) is 34.7 Å². The molecule has 3 aliphatic rings. The Balaban J connectivity index is 2.16. The first-order chi connectivity index (χ1) is 13.6. The van der Waals surface area contributed by atoms with Gasteiger partial charge in [0, 0.05) is 30.7 Å². The van der Waals surface area contributed by atoms with E-state index >= 15 is 0 Å². The normalized spacial score (nSPS) is 38.6. The Kier molecular flexibility index (Phi) is 6.19. The highest BCUT2D eigenvalue weighted by Crippen LogP contribution is 2.55. The summed E-state index contributed by atoms with van der Waals surface area (Å²) in [5.41, 5.74) is 1.05. The predicted octanol–water partition coefficient (Wildman–Crippen LogP) is 3.37. The average molecular weight is 402 g/mol. The first-order valence-corrected chi connectivity index (χ1v) is 11.0. The summed E-state index contributed by atoms with van der Waals surface area (Å²) < 4.78 is 0. The fourth-order valence-electron chi connectivity index (χ4n) is 5.72. The summed E-state index contributed by atoms with van der Waals surface area (Å²) in [5, 5.41) is 13.4. The number of aliphatic hydroxyl groups excluding tert-OH is 1. The summed E-state index contributed by atoms with van der Waals surface area (Å²) in [5.74, 6) is -0.438. The second-order valence-electron chi connectivity index (χ2n) is 9.79. The Labute approximate surface area is 174 Å². The molecule has 0 aromatic carbocycles. The molecule has 5 nitrogen and oxygen atoms in total. The van der Waals surface area contributed by atoms with Crippen LogP contribution in [0.25, 0.3) is 0 Å². The van der Waals surface area contributed by atoms with E-state index in [0.717, 1.165) is 12.0 Å². The van der Waals surface area contributed by atoms with Crippen LogP contribution in [0.3, 0.4) is 0 Å². The second-order valence-corrected chi connectivity index (χ2v) is 9.79. The Bertz CT molecular complexity index is 765. The van der Waals surface area contributed by atoms with Crippen molar-refractivity contribution < 1.29 is 19.5 Å². The number of nitrogens with one attached hydrogen (secondary N) is 1. The summed E-state index contributed by atoms with van der Waals surface area (Å²) in [6.07, 6.45) is 4.78. The molecule has 1 heterocycles. The lowest BCUT2D eigenvalue weighted by atomic mass is 9.54. The molecule has 29 heavy (non-hydrogen) atoms. The molecule has 5 heteroatoms.